The highest BCUT2D eigenvalue weighted by Gasteiger charge is 2.44. The SMILES string of the molecule is Cc1cccc2c1NC1(CCC(C)CC1)C(=O)N2. The van der Waals surface area contributed by atoms with Crippen molar-refractivity contribution in [2.45, 2.75) is 45.1 Å². The van der Waals surface area contributed by atoms with Gasteiger partial charge >= 0.3 is 0 Å². The summed E-state index contributed by atoms with van der Waals surface area (Å²) in [5.74, 6) is 0.885. The second-order valence-electron chi connectivity index (χ2n) is 5.84. The summed E-state index contributed by atoms with van der Waals surface area (Å²) in [6.07, 6.45) is 4.13. The van der Waals surface area contributed by atoms with Crippen molar-refractivity contribution in [2.24, 2.45) is 5.92 Å². The number of hydrogen-bond acceptors (Lipinski definition) is 2. The van der Waals surface area contributed by atoms with Gasteiger partial charge in [-0.15, -0.1) is 0 Å². The van der Waals surface area contributed by atoms with E-state index in [4.69, 9.17) is 0 Å². The van der Waals surface area contributed by atoms with Gasteiger partial charge in [0.25, 0.3) is 0 Å². The van der Waals surface area contributed by atoms with Crippen LogP contribution in [0.1, 0.15) is 38.2 Å². The van der Waals surface area contributed by atoms with Gasteiger partial charge in [-0.05, 0) is 50.2 Å². The average Bonchev–Trinajstić information content (AvgIpc) is 2.36. The van der Waals surface area contributed by atoms with Crippen LogP contribution in [0.5, 0.6) is 0 Å². The largest absolute Gasteiger partial charge is 0.369 e. The zero-order chi connectivity index (χ0) is 12.8. The molecule has 0 radical (unpaired) electrons. The van der Waals surface area contributed by atoms with Crippen molar-refractivity contribution < 1.29 is 4.79 Å². The highest BCUT2D eigenvalue weighted by atomic mass is 16.2. The van der Waals surface area contributed by atoms with E-state index in [-0.39, 0.29) is 11.4 Å². The van der Waals surface area contributed by atoms with Crippen molar-refractivity contribution in [3.63, 3.8) is 0 Å². The molecule has 1 amide bonds. The maximum Gasteiger partial charge on any atom is 0.250 e. The Morgan fingerprint density at radius 3 is 2.72 bits per heavy atom. The van der Waals surface area contributed by atoms with E-state index in [0.717, 1.165) is 43.0 Å². The van der Waals surface area contributed by atoms with Gasteiger partial charge in [-0.25, -0.2) is 0 Å². The summed E-state index contributed by atoms with van der Waals surface area (Å²) < 4.78 is 0. The summed E-state index contributed by atoms with van der Waals surface area (Å²) in [6, 6.07) is 6.03. The maximum absolute atomic E-state index is 12.4. The number of fused-ring (bicyclic) bond motifs is 1. The summed E-state index contributed by atoms with van der Waals surface area (Å²) in [6.45, 7) is 4.36. The van der Waals surface area contributed by atoms with Gasteiger partial charge in [0.15, 0.2) is 0 Å². The summed E-state index contributed by atoms with van der Waals surface area (Å²) in [4.78, 5) is 12.4. The lowest BCUT2D eigenvalue weighted by molar-refractivity contribution is -0.121. The molecule has 1 aromatic rings. The third kappa shape index (κ3) is 1.69. The zero-order valence-corrected chi connectivity index (χ0v) is 11.0. The third-order valence-electron chi connectivity index (χ3n) is 4.45. The van der Waals surface area contributed by atoms with Crippen molar-refractivity contribution in [3.05, 3.63) is 23.8 Å². The van der Waals surface area contributed by atoms with E-state index in [1.165, 1.54) is 5.56 Å². The number of para-hydroxylation sites is 1. The molecule has 18 heavy (non-hydrogen) atoms. The van der Waals surface area contributed by atoms with Gasteiger partial charge in [0, 0.05) is 0 Å². The molecule has 0 atom stereocenters. The van der Waals surface area contributed by atoms with Gasteiger partial charge in [-0.1, -0.05) is 19.1 Å². The van der Waals surface area contributed by atoms with Crippen LogP contribution in [-0.2, 0) is 4.79 Å². The summed E-state index contributed by atoms with van der Waals surface area (Å²) >= 11 is 0. The molecule has 3 heteroatoms. The van der Waals surface area contributed by atoms with Gasteiger partial charge in [0.2, 0.25) is 5.91 Å². The minimum Gasteiger partial charge on any atom is -0.369 e. The van der Waals surface area contributed by atoms with Crippen LogP contribution < -0.4 is 10.6 Å². The minimum atomic E-state index is -0.369. The molecule has 2 N–H and O–H groups in total. The minimum absolute atomic E-state index is 0.146. The molecule has 0 unspecified atom stereocenters. The lowest BCUT2D eigenvalue weighted by Crippen LogP contribution is -2.54. The fraction of sp³-hybridized carbons (Fsp3) is 0.533. The van der Waals surface area contributed by atoms with E-state index in [1.54, 1.807) is 0 Å². The molecule has 1 aliphatic carbocycles. The van der Waals surface area contributed by atoms with E-state index >= 15 is 0 Å². The van der Waals surface area contributed by atoms with E-state index in [2.05, 4.69) is 30.5 Å². The van der Waals surface area contributed by atoms with Crippen LogP contribution >= 0.6 is 0 Å². The molecule has 1 fully saturated rings. The highest BCUT2D eigenvalue weighted by Crippen LogP contribution is 2.41. The molecule has 0 bridgehead atoms. The Hall–Kier alpha value is -1.51. The number of aryl methyl sites for hydroxylation is 1. The summed E-state index contributed by atoms with van der Waals surface area (Å²) in [7, 11) is 0. The topological polar surface area (TPSA) is 41.1 Å². The molecular formula is C15H20N2O. The molecule has 1 heterocycles. The Morgan fingerprint density at radius 2 is 2.00 bits per heavy atom. The Bertz CT molecular complexity index is 487. The molecular weight excluding hydrogens is 224 g/mol. The van der Waals surface area contributed by atoms with Crippen LogP contribution in [0.2, 0.25) is 0 Å². The molecule has 3 nitrogen and oxygen atoms in total. The maximum atomic E-state index is 12.4. The Morgan fingerprint density at radius 1 is 1.28 bits per heavy atom. The molecule has 1 aromatic carbocycles. The summed E-state index contributed by atoms with van der Waals surface area (Å²) in [5, 5.41) is 6.61. The second kappa shape index (κ2) is 4.01. The van der Waals surface area contributed by atoms with Crippen molar-refractivity contribution in [3.8, 4) is 0 Å². The molecule has 0 aromatic heterocycles. The molecule has 1 aliphatic heterocycles. The smallest absolute Gasteiger partial charge is 0.250 e. The van der Waals surface area contributed by atoms with Gasteiger partial charge in [0.05, 0.1) is 11.4 Å². The number of carbonyl (C=O) groups excluding carboxylic acids is 1. The van der Waals surface area contributed by atoms with Crippen LogP contribution in [0.15, 0.2) is 18.2 Å². The number of nitrogens with one attached hydrogen (secondary N) is 2. The van der Waals surface area contributed by atoms with E-state index in [9.17, 15) is 4.79 Å². The van der Waals surface area contributed by atoms with Crippen molar-refractivity contribution >= 4 is 17.3 Å². The number of anilines is 2. The van der Waals surface area contributed by atoms with E-state index in [1.807, 2.05) is 12.1 Å². The average molecular weight is 244 g/mol. The zero-order valence-electron chi connectivity index (χ0n) is 11.0. The van der Waals surface area contributed by atoms with Gasteiger partial charge in [0.1, 0.15) is 5.54 Å². The van der Waals surface area contributed by atoms with Crippen molar-refractivity contribution in [2.75, 3.05) is 10.6 Å². The van der Waals surface area contributed by atoms with Crippen LogP contribution in [0.25, 0.3) is 0 Å². The molecule has 3 rings (SSSR count). The van der Waals surface area contributed by atoms with Crippen LogP contribution in [0.4, 0.5) is 11.4 Å². The van der Waals surface area contributed by atoms with Crippen molar-refractivity contribution in [1.82, 2.24) is 0 Å². The van der Waals surface area contributed by atoms with Crippen LogP contribution in [-0.4, -0.2) is 11.4 Å². The second-order valence-corrected chi connectivity index (χ2v) is 5.84. The molecule has 1 spiro atoms. The normalized spacial score (nSPS) is 30.6. The van der Waals surface area contributed by atoms with E-state index < -0.39 is 0 Å². The lowest BCUT2D eigenvalue weighted by Gasteiger charge is -2.43. The third-order valence-corrected chi connectivity index (χ3v) is 4.45. The molecule has 96 valence electrons. The van der Waals surface area contributed by atoms with Gasteiger partial charge in [-0.2, -0.15) is 0 Å². The first-order valence-corrected chi connectivity index (χ1v) is 6.80. The number of benzene rings is 1. The first-order chi connectivity index (χ1) is 8.61. The Kier molecular flexibility index (Phi) is 2.58. The number of amides is 1. The Balaban J connectivity index is 1.96. The Labute approximate surface area is 108 Å². The van der Waals surface area contributed by atoms with Crippen molar-refractivity contribution in [1.29, 1.82) is 0 Å². The predicted molar refractivity (Wildman–Crippen MR) is 73.8 cm³/mol. The summed E-state index contributed by atoms with van der Waals surface area (Å²) in [5.41, 5.74) is 2.85. The lowest BCUT2D eigenvalue weighted by atomic mass is 9.75. The molecule has 2 aliphatic rings. The number of carbonyl (C=O) groups is 1. The number of hydrogen-bond donors (Lipinski definition) is 2. The van der Waals surface area contributed by atoms with E-state index in [0.29, 0.717) is 0 Å². The fourth-order valence-electron chi connectivity index (χ4n) is 3.08. The fourth-order valence-corrected chi connectivity index (χ4v) is 3.08. The quantitative estimate of drug-likeness (QED) is 0.735. The molecule has 0 saturated heterocycles. The van der Waals surface area contributed by atoms with Gasteiger partial charge < -0.3 is 10.6 Å². The van der Waals surface area contributed by atoms with Crippen LogP contribution in [0.3, 0.4) is 0 Å². The highest BCUT2D eigenvalue weighted by molar-refractivity contribution is 6.06. The first-order valence-electron chi connectivity index (χ1n) is 6.80. The number of rotatable bonds is 0. The predicted octanol–water partition coefficient (Wildman–Crippen LogP) is 3.31. The first kappa shape index (κ1) is 11.6. The molecule has 1 saturated carbocycles. The standard InChI is InChI=1S/C15H20N2O/c1-10-6-8-15(9-7-10)14(18)16-12-5-3-4-11(2)13(12)17-15/h3-5,10,17H,6-9H2,1-2H3,(H,16,18). The van der Waals surface area contributed by atoms with Crippen LogP contribution in [0, 0.1) is 12.8 Å². The monoisotopic (exact) mass is 244 g/mol. The van der Waals surface area contributed by atoms with Gasteiger partial charge in [-0.3, -0.25) is 4.79 Å².